The van der Waals surface area contributed by atoms with Gasteiger partial charge in [-0.25, -0.2) is 4.39 Å². The van der Waals surface area contributed by atoms with Gasteiger partial charge in [0.1, 0.15) is 5.82 Å². The highest BCUT2D eigenvalue weighted by molar-refractivity contribution is 6.05. The van der Waals surface area contributed by atoms with E-state index >= 15 is 0 Å². The van der Waals surface area contributed by atoms with Crippen LogP contribution in [0.15, 0.2) is 42.5 Å². The molecule has 0 unspecified atom stereocenters. The molecular formula is C17H17FN2O. The molecule has 2 aromatic rings. The minimum absolute atomic E-state index is 0.0880. The minimum atomic E-state index is -0.306. The third-order valence-electron chi connectivity index (χ3n) is 3.86. The number of rotatable bonds is 2. The fourth-order valence-corrected chi connectivity index (χ4v) is 2.59. The molecule has 0 spiro atoms. The van der Waals surface area contributed by atoms with E-state index in [4.69, 9.17) is 0 Å². The number of benzene rings is 2. The van der Waals surface area contributed by atoms with Crippen LogP contribution in [0.1, 0.15) is 21.5 Å². The second-order valence-electron chi connectivity index (χ2n) is 5.25. The fourth-order valence-electron chi connectivity index (χ4n) is 2.59. The predicted octanol–water partition coefficient (Wildman–Crippen LogP) is 2.75. The summed E-state index contributed by atoms with van der Waals surface area (Å²) in [7, 11) is 1.70. The zero-order chi connectivity index (χ0) is 14.8. The van der Waals surface area contributed by atoms with Crippen molar-refractivity contribution in [2.75, 3.05) is 18.5 Å². The van der Waals surface area contributed by atoms with Crippen molar-refractivity contribution >= 4 is 11.6 Å². The molecule has 1 aliphatic heterocycles. The number of hydrogen-bond donors (Lipinski definition) is 1. The first kappa shape index (κ1) is 13.8. The van der Waals surface area contributed by atoms with Crippen molar-refractivity contribution < 1.29 is 9.18 Å². The van der Waals surface area contributed by atoms with E-state index in [1.165, 1.54) is 28.2 Å². The molecule has 0 saturated carbocycles. The molecule has 21 heavy (non-hydrogen) atoms. The highest BCUT2D eigenvalue weighted by Gasteiger charge is 2.16. The third-order valence-corrected chi connectivity index (χ3v) is 3.86. The quantitative estimate of drug-likeness (QED) is 0.919. The van der Waals surface area contributed by atoms with Crippen LogP contribution in [0.2, 0.25) is 0 Å². The first-order valence-electron chi connectivity index (χ1n) is 7.01. The molecule has 1 amide bonds. The van der Waals surface area contributed by atoms with Gasteiger partial charge in [-0.3, -0.25) is 4.79 Å². The van der Waals surface area contributed by atoms with Crippen LogP contribution < -0.4 is 10.2 Å². The van der Waals surface area contributed by atoms with Gasteiger partial charge in [-0.2, -0.15) is 0 Å². The largest absolute Gasteiger partial charge is 0.312 e. The summed E-state index contributed by atoms with van der Waals surface area (Å²) in [6, 6.07) is 11.8. The summed E-state index contributed by atoms with van der Waals surface area (Å²) in [5.74, 6) is -0.394. The Morgan fingerprint density at radius 3 is 2.67 bits per heavy atom. The van der Waals surface area contributed by atoms with E-state index in [1.807, 2.05) is 18.2 Å². The monoisotopic (exact) mass is 284 g/mol. The molecule has 0 radical (unpaired) electrons. The first-order chi connectivity index (χ1) is 10.1. The Balaban J connectivity index is 1.86. The van der Waals surface area contributed by atoms with Crippen molar-refractivity contribution in [3.63, 3.8) is 0 Å². The molecule has 0 atom stereocenters. The first-order valence-corrected chi connectivity index (χ1v) is 7.01. The molecule has 1 N–H and O–H groups in total. The summed E-state index contributed by atoms with van der Waals surface area (Å²) in [4.78, 5) is 14.1. The zero-order valence-corrected chi connectivity index (χ0v) is 11.9. The van der Waals surface area contributed by atoms with Crippen LogP contribution in [0.4, 0.5) is 10.1 Å². The van der Waals surface area contributed by atoms with Gasteiger partial charge in [0.2, 0.25) is 0 Å². The van der Waals surface area contributed by atoms with E-state index in [1.54, 1.807) is 19.2 Å². The van der Waals surface area contributed by atoms with Gasteiger partial charge in [-0.15, -0.1) is 0 Å². The Bertz CT molecular complexity index is 667. The maximum atomic E-state index is 13.0. The molecule has 3 rings (SSSR count). The maximum Gasteiger partial charge on any atom is 0.258 e. The van der Waals surface area contributed by atoms with E-state index in [9.17, 15) is 9.18 Å². The van der Waals surface area contributed by atoms with Gasteiger partial charge in [-0.1, -0.05) is 6.07 Å². The Labute approximate surface area is 123 Å². The number of fused-ring (bicyclic) bond motifs is 1. The van der Waals surface area contributed by atoms with Gasteiger partial charge in [0.25, 0.3) is 5.91 Å². The number of hydrogen-bond acceptors (Lipinski definition) is 2. The number of nitrogens with one attached hydrogen (secondary N) is 1. The van der Waals surface area contributed by atoms with Crippen LogP contribution in [-0.2, 0) is 13.0 Å². The lowest BCUT2D eigenvalue weighted by molar-refractivity contribution is 0.0993. The van der Waals surface area contributed by atoms with Gasteiger partial charge < -0.3 is 10.2 Å². The summed E-state index contributed by atoms with van der Waals surface area (Å²) in [5.41, 5.74) is 3.82. The molecule has 0 fully saturated rings. The zero-order valence-electron chi connectivity index (χ0n) is 11.9. The van der Waals surface area contributed by atoms with E-state index in [0.717, 1.165) is 19.5 Å². The highest BCUT2D eigenvalue weighted by atomic mass is 19.1. The Morgan fingerprint density at radius 2 is 1.90 bits per heavy atom. The number of nitrogens with zero attached hydrogens (tertiary/aromatic N) is 1. The molecule has 4 heteroatoms. The van der Waals surface area contributed by atoms with Crippen molar-refractivity contribution in [2.45, 2.75) is 13.0 Å². The third kappa shape index (κ3) is 2.81. The lowest BCUT2D eigenvalue weighted by Crippen LogP contribution is -2.28. The fraction of sp³-hybridized carbons (Fsp3) is 0.235. The average Bonchev–Trinajstić information content (AvgIpc) is 2.54. The van der Waals surface area contributed by atoms with Crippen molar-refractivity contribution in [1.29, 1.82) is 0 Å². The van der Waals surface area contributed by atoms with E-state index in [2.05, 4.69) is 5.32 Å². The molecule has 0 saturated heterocycles. The second-order valence-corrected chi connectivity index (χ2v) is 5.25. The van der Waals surface area contributed by atoms with Crippen molar-refractivity contribution in [3.8, 4) is 0 Å². The Morgan fingerprint density at radius 1 is 1.14 bits per heavy atom. The minimum Gasteiger partial charge on any atom is -0.312 e. The van der Waals surface area contributed by atoms with E-state index in [-0.39, 0.29) is 11.7 Å². The van der Waals surface area contributed by atoms with Crippen LogP contribution in [0, 0.1) is 5.82 Å². The Kier molecular flexibility index (Phi) is 3.71. The van der Waals surface area contributed by atoms with Crippen molar-refractivity contribution in [2.24, 2.45) is 0 Å². The Hall–Kier alpha value is -2.20. The van der Waals surface area contributed by atoms with Crippen molar-refractivity contribution in [3.05, 3.63) is 65.0 Å². The van der Waals surface area contributed by atoms with Gasteiger partial charge >= 0.3 is 0 Å². The van der Waals surface area contributed by atoms with Crippen LogP contribution in [0.25, 0.3) is 0 Å². The summed E-state index contributed by atoms with van der Waals surface area (Å²) in [6.07, 6.45) is 0.998. The normalized spacial score (nSPS) is 13.6. The number of anilines is 1. The van der Waals surface area contributed by atoms with E-state index in [0.29, 0.717) is 11.3 Å². The number of carbonyl (C=O) groups excluding carboxylic acids is 1. The number of halogens is 1. The van der Waals surface area contributed by atoms with Crippen LogP contribution in [0.3, 0.4) is 0 Å². The molecule has 0 aliphatic carbocycles. The summed E-state index contributed by atoms with van der Waals surface area (Å²) >= 11 is 0. The number of carbonyl (C=O) groups is 1. The smallest absolute Gasteiger partial charge is 0.258 e. The SMILES string of the molecule is CN(C(=O)c1ccc2c(c1)CNCC2)c1ccc(F)cc1. The standard InChI is InChI=1S/C17H17FN2O/c1-20(16-6-4-15(18)5-7-16)17(21)13-3-2-12-8-9-19-11-14(12)10-13/h2-7,10,19H,8-9,11H2,1H3. The van der Waals surface area contributed by atoms with Crippen LogP contribution in [0.5, 0.6) is 0 Å². The molecular weight excluding hydrogens is 267 g/mol. The van der Waals surface area contributed by atoms with Gasteiger partial charge in [-0.05, 0) is 60.5 Å². The van der Waals surface area contributed by atoms with E-state index < -0.39 is 0 Å². The average molecular weight is 284 g/mol. The molecule has 108 valence electrons. The van der Waals surface area contributed by atoms with Gasteiger partial charge in [0.15, 0.2) is 0 Å². The summed E-state index contributed by atoms with van der Waals surface area (Å²) < 4.78 is 13.0. The second kappa shape index (κ2) is 5.66. The summed E-state index contributed by atoms with van der Waals surface area (Å²) in [6.45, 7) is 1.78. The van der Waals surface area contributed by atoms with Crippen LogP contribution in [-0.4, -0.2) is 19.5 Å². The van der Waals surface area contributed by atoms with Crippen LogP contribution >= 0.6 is 0 Å². The number of amides is 1. The van der Waals surface area contributed by atoms with Crippen molar-refractivity contribution in [1.82, 2.24) is 5.32 Å². The van der Waals surface area contributed by atoms with Gasteiger partial charge in [0, 0.05) is 24.8 Å². The summed E-state index contributed by atoms with van der Waals surface area (Å²) in [5, 5.41) is 3.31. The lowest BCUT2D eigenvalue weighted by atomic mass is 9.98. The maximum absolute atomic E-state index is 13.0. The molecule has 1 aliphatic rings. The molecule has 3 nitrogen and oxygen atoms in total. The lowest BCUT2D eigenvalue weighted by Gasteiger charge is -2.20. The van der Waals surface area contributed by atoms with Gasteiger partial charge in [0.05, 0.1) is 0 Å². The highest BCUT2D eigenvalue weighted by Crippen LogP contribution is 2.20. The molecule has 1 heterocycles. The predicted molar refractivity (Wildman–Crippen MR) is 81.0 cm³/mol. The molecule has 0 aromatic heterocycles. The molecule has 0 bridgehead atoms. The topological polar surface area (TPSA) is 32.3 Å². The molecule has 2 aromatic carbocycles.